The second-order valence-corrected chi connectivity index (χ2v) is 4.67. The Bertz CT molecular complexity index is 551. The molecule has 1 aromatic carbocycles. The molecule has 0 bridgehead atoms. The van der Waals surface area contributed by atoms with Crippen molar-refractivity contribution in [3.05, 3.63) is 35.5 Å². The molecule has 0 radical (unpaired) electrons. The van der Waals surface area contributed by atoms with Gasteiger partial charge in [-0.3, -0.25) is 0 Å². The highest BCUT2D eigenvalue weighted by atomic mass is 16.1. The zero-order chi connectivity index (χ0) is 12.4. The minimum atomic E-state index is 0.258. The molecular weight excluding hydrogens is 210 g/mol. The van der Waals surface area contributed by atoms with Crippen molar-refractivity contribution in [2.24, 2.45) is 7.05 Å². The quantitative estimate of drug-likeness (QED) is 0.788. The Morgan fingerprint density at radius 3 is 2.76 bits per heavy atom. The molecule has 0 spiro atoms. The Balaban J connectivity index is 2.43. The van der Waals surface area contributed by atoms with Gasteiger partial charge in [-0.1, -0.05) is 13.0 Å². The van der Waals surface area contributed by atoms with E-state index in [1.54, 1.807) is 6.92 Å². The van der Waals surface area contributed by atoms with Crippen LogP contribution in [0.3, 0.4) is 0 Å². The molecule has 0 N–H and O–H groups in total. The largest absolute Gasteiger partial charge is 0.350 e. The van der Waals surface area contributed by atoms with Crippen molar-refractivity contribution >= 4 is 16.7 Å². The van der Waals surface area contributed by atoms with Crippen LogP contribution in [0, 0.1) is 0 Å². The van der Waals surface area contributed by atoms with Crippen molar-refractivity contribution < 1.29 is 4.79 Å². The van der Waals surface area contributed by atoms with E-state index in [9.17, 15) is 4.79 Å². The molecule has 0 amide bonds. The fourth-order valence-electron chi connectivity index (χ4n) is 2.25. The molecule has 2 aromatic rings. The van der Waals surface area contributed by atoms with Gasteiger partial charge in [-0.25, -0.2) is 0 Å². The zero-order valence-corrected chi connectivity index (χ0v) is 10.8. The second kappa shape index (κ2) is 4.74. The summed E-state index contributed by atoms with van der Waals surface area (Å²) in [7, 11) is 2.06. The Hall–Kier alpha value is -1.57. The van der Waals surface area contributed by atoms with Crippen LogP contribution in [0.15, 0.2) is 24.4 Å². The molecule has 0 saturated heterocycles. The Morgan fingerprint density at radius 2 is 2.12 bits per heavy atom. The van der Waals surface area contributed by atoms with E-state index < -0.39 is 0 Å². The van der Waals surface area contributed by atoms with E-state index in [0.29, 0.717) is 6.42 Å². The van der Waals surface area contributed by atoms with E-state index in [4.69, 9.17) is 0 Å². The number of hydrogen-bond acceptors (Lipinski definition) is 1. The van der Waals surface area contributed by atoms with Gasteiger partial charge in [0.2, 0.25) is 0 Å². The lowest BCUT2D eigenvalue weighted by Gasteiger charge is -2.00. The van der Waals surface area contributed by atoms with Gasteiger partial charge in [-0.15, -0.1) is 0 Å². The lowest BCUT2D eigenvalue weighted by molar-refractivity contribution is -0.116. The topological polar surface area (TPSA) is 22.0 Å². The molecule has 1 aromatic heterocycles. The summed E-state index contributed by atoms with van der Waals surface area (Å²) in [5.41, 5.74) is 3.89. The standard InChI is InChI=1S/C15H19NO/c1-4-12-6-8-15-14(9-12)13(10-16(15)3)7-5-11(2)17/h6,8-10H,4-5,7H2,1-3H3. The summed E-state index contributed by atoms with van der Waals surface area (Å²) in [4.78, 5) is 11.1. The van der Waals surface area contributed by atoms with Crippen molar-refractivity contribution in [1.82, 2.24) is 4.57 Å². The minimum absolute atomic E-state index is 0.258. The van der Waals surface area contributed by atoms with Gasteiger partial charge < -0.3 is 9.36 Å². The van der Waals surface area contributed by atoms with E-state index in [-0.39, 0.29) is 5.78 Å². The first kappa shape index (κ1) is 11.9. The van der Waals surface area contributed by atoms with Crippen LogP contribution in [0.2, 0.25) is 0 Å². The number of fused-ring (bicyclic) bond motifs is 1. The van der Waals surface area contributed by atoms with Crippen LogP contribution in [-0.4, -0.2) is 10.4 Å². The van der Waals surface area contributed by atoms with E-state index >= 15 is 0 Å². The first-order chi connectivity index (χ1) is 8.11. The molecule has 2 rings (SSSR count). The Kier molecular flexibility index (Phi) is 3.32. The van der Waals surface area contributed by atoms with Gasteiger partial charge in [0.25, 0.3) is 0 Å². The summed E-state index contributed by atoms with van der Waals surface area (Å²) >= 11 is 0. The van der Waals surface area contributed by atoms with E-state index in [1.165, 1.54) is 22.0 Å². The number of rotatable bonds is 4. The monoisotopic (exact) mass is 229 g/mol. The normalized spacial score (nSPS) is 11.0. The lowest BCUT2D eigenvalue weighted by atomic mass is 10.0. The molecule has 0 aliphatic carbocycles. The number of hydrogen-bond donors (Lipinski definition) is 0. The number of nitrogens with zero attached hydrogens (tertiary/aromatic N) is 1. The third kappa shape index (κ3) is 2.41. The molecule has 0 fully saturated rings. The second-order valence-electron chi connectivity index (χ2n) is 4.67. The summed E-state index contributed by atoms with van der Waals surface area (Å²) in [5, 5.41) is 1.30. The first-order valence-corrected chi connectivity index (χ1v) is 6.18. The predicted molar refractivity (Wildman–Crippen MR) is 71.3 cm³/mol. The molecule has 0 unspecified atom stereocenters. The van der Waals surface area contributed by atoms with Crippen LogP contribution in [0.4, 0.5) is 0 Å². The van der Waals surface area contributed by atoms with Gasteiger partial charge >= 0.3 is 0 Å². The highest BCUT2D eigenvalue weighted by Gasteiger charge is 2.07. The van der Waals surface area contributed by atoms with Crippen LogP contribution in [-0.2, 0) is 24.7 Å². The van der Waals surface area contributed by atoms with E-state index in [0.717, 1.165) is 12.8 Å². The SMILES string of the molecule is CCc1ccc2c(c1)c(CCC(C)=O)cn2C. The number of ketones is 1. The summed E-state index contributed by atoms with van der Waals surface area (Å²) in [5.74, 6) is 0.258. The first-order valence-electron chi connectivity index (χ1n) is 6.18. The highest BCUT2D eigenvalue weighted by molar-refractivity contribution is 5.85. The number of carbonyl (C=O) groups excluding carboxylic acids is 1. The van der Waals surface area contributed by atoms with Crippen LogP contribution in [0.5, 0.6) is 0 Å². The van der Waals surface area contributed by atoms with Crippen LogP contribution in [0.1, 0.15) is 31.4 Å². The molecule has 0 aliphatic rings. The van der Waals surface area contributed by atoms with Gasteiger partial charge in [0.05, 0.1) is 0 Å². The number of aromatic nitrogens is 1. The van der Waals surface area contributed by atoms with E-state index in [1.807, 2.05) is 0 Å². The third-order valence-corrected chi connectivity index (χ3v) is 3.29. The Morgan fingerprint density at radius 1 is 1.35 bits per heavy atom. The van der Waals surface area contributed by atoms with Crippen molar-refractivity contribution in [2.75, 3.05) is 0 Å². The number of Topliss-reactive ketones (excluding diaryl/α,β-unsaturated/α-hetero) is 1. The summed E-state index contributed by atoms with van der Waals surface area (Å²) < 4.78 is 2.14. The molecule has 1 heterocycles. The van der Waals surface area contributed by atoms with E-state index in [2.05, 4.69) is 42.9 Å². The Labute approximate surface area is 102 Å². The number of carbonyl (C=O) groups is 1. The maximum Gasteiger partial charge on any atom is 0.130 e. The van der Waals surface area contributed by atoms with Crippen LogP contribution in [0.25, 0.3) is 10.9 Å². The van der Waals surface area contributed by atoms with Gasteiger partial charge in [0.15, 0.2) is 0 Å². The molecule has 0 saturated carbocycles. The van der Waals surface area contributed by atoms with Crippen LogP contribution >= 0.6 is 0 Å². The average molecular weight is 229 g/mol. The lowest BCUT2D eigenvalue weighted by Crippen LogP contribution is -1.93. The maximum absolute atomic E-state index is 11.1. The number of benzene rings is 1. The molecule has 0 atom stereocenters. The summed E-state index contributed by atoms with van der Waals surface area (Å²) in [6.45, 7) is 3.82. The molecular formula is C15H19NO. The predicted octanol–water partition coefficient (Wildman–Crippen LogP) is 3.26. The summed E-state index contributed by atoms with van der Waals surface area (Å²) in [6, 6.07) is 6.60. The molecule has 90 valence electrons. The highest BCUT2D eigenvalue weighted by Crippen LogP contribution is 2.23. The smallest absolute Gasteiger partial charge is 0.130 e. The average Bonchev–Trinajstić information content (AvgIpc) is 2.63. The fourth-order valence-corrected chi connectivity index (χ4v) is 2.25. The maximum atomic E-state index is 11.1. The number of aryl methyl sites for hydroxylation is 3. The van der Waals surface area contributed by atoms with Gasteiger partial charge in [0.1, 0.15) is 5.78 Å². The minimum Gasteiger partial charge on any atom is -0.350 e. The van der Waals surface area contributed by atoms with Gasteiger partial charge in [0, 0.05) is 30.6 Å². The van der Waals surface area contributed by atoms with Crippen molar-refractivity contribution in [3.63, 3.8) is 0 Å². The molecule has 17 heavy (non-hydrogen) atoms. The third-order valence-electron chi connectivity index (χ3n) is 3.29. The van der Waals surface area contributed by atoms with Crippen molar-refractivity contribution in [1.29, 1.82) is 0 Å². The molecule has 2 heteroatoms. The fraction of sp³-hybridized carbons (Fsp3) is 0.400. The van der Waals surface area contributed by atoms with Crippen molar-refractivity contribution in [2.45, 2.75) is 33.1 Å². The van der Waals surface area contributed by atoms with Crippen LogP contribution < -0.4 is 0 Å². The molecule has 2 nitrogen and oxygen atoms in total. The molecule has 0 aliphatic heterocycles. The zero-order valence-electron chi connectivity index (χ0n) is 10.8. The van der Waals surface area contributed by atoms with Crippen molar-refractivity contribution in [3.8, 4) is 0 Å². The van der Waals surface area contributed by atoms with Gasteiger partial charge in [-0.05, 0) is 43.0 Å². The van der Waals surface area contributed by atoms with Gasteiger partial charge in [-0.2, -0.15) is 0 Å². The summed E-state index contributed by atoms with van der Waals surface area (Å²) in [6.07, 6.45) is 4.68.